The SMILES string of the molecule is CC(C)CN([C@H](CO)CCCCNC(=O)C1c2ccccc2Oc2ccccc21)S(=O)(=O)c1ccc(N)cc1. The van der Waals surface area contributed by atoms with Gasteiger partial charge in [-0.05, 0) is 55.2 Å². The van der Waals surface area contributed by atoms with Gasteiger partial charge in [0.15, 0.2) is 0 Å². The summed E-state index contributed by atoms with van der Waals surface area (Å²) in [7, 11) is -3.82. The van der Waals surface area contributed by atoms with Gasteiger partial charge in [-0.25, -0.2) is 8.42 Å². The van der Waals surface area contributed by atoms with Crippen LogP contribution >= 0.6 is 0 Å². The third kappa shape index (κ3) is 6.61. The van der Waals surface area contributed by atoms with E-state index in [9.17, 15) is 18.3 Å². The molecule has 1 aliphatic heterocycles. The minimum Gasteiger partial charge on any atom is -0.457 e. The fourth-order valence-corrected chi connectivity index (χ4v) is 6.73. The van der Waals surface area contributed by atoms with Gasteiger partial charge in [-0.3, -0.25) is 4.79 Å². The van der Waals surface area contributed by atoms with Crippen molar-refractivity contribution in [2.75, 3.05) is 25.4 Å². The van der Waals surface area contributed by atoms with Crippen molar-refractivity contribution in [1.29, 1.82) is 0 Å². The molecule has 9 heteroatoms. The molecule has 0 fully saturated rings. The number of nitrogens with two attached hydrogens (primary N) is 1. The van der Waals surface area contributed by atoms with E-state index in [4.69, 9.17) is 10.5 Å². The molecule has 1 heterocycles. The molecule has 4 rings (SSSR count). The zero-order chi connectivity index (χ0) is 28.0. The number of fused-ring (bicyclic) bond motifs is 2. The first-order valence-electron chi connectivity index (χ1n) is 13.3. The monoisotopic (exact) mass is 551 g/mol. The maximum Gasteiger partial charge on any atom is 0.243 e. The highest BCUT2D eigenvalue weighted by atomic mass is 32.2. The van der Waals surface area contributed by atoms with Crippen LogP contribution in [0.15, 0.2) is 77.7 Å². The topological polar surface area (TPSA) is 122 Å². The third-order valence-electron chi connectivity index (χ3n) is 6.86. The summed E-state index contributed by atoms with van der Waals surface area (Å²) in [6.45, 7) is 4.33. The summed E-state index contributed by atoms with van der Waals surface area (Å²) in [6, 6.07) is 20.6. The predicted molar refractivity (Wildman–Crippen MR) is 152 cm³/mol. The standard InChI is InChI=1S/C30H37N3O5S/c1-21(2)19-33(39(36,37)24-16-14-22(31)15-17-24)23(20-34)9-7-8-18-32-30(35)29-25-10-3-5-12-27(25)38-28-13-6-4-11-26(28)29/h3-6,10-17,21,23,29,34H,7-9,18-20,31H2,1-2H3,(H,32,35)/t23-/m0/s1. The van der Waals surface area contributed by atoms with Crippen molar-refractivity contribution in [3.8, 4) is 11.5 Å². The van der Waals surface area contributed by atoms with Crippen molar-refractivity contribution in [3.05, 3.63) is 83.9 Å². The Morgan fingerprint density at radius 2 is 1.56 bits per heavy atom. The van der Waals surface area contributed by atoms with Gasteiger partial charge in [-0.2, -0.15) is 4.31 Å². The van der Waals surface area contributed by atoms with Crippen LogP contribution in [0.1, 0.15) is 50.2 Å². The highest BCUT2D eigenvalue weighted by molar-refractivity contribution is 7.89. The van der Waals surface area contributed by atoms with Crippen molar-refractivity contribution >= 4 is 21.6 Å². The van der Waals surface area contributed by atoms with Gasteiger partial charge in [0.1, 0.15) is 11.5 Å². The van der Waals surface area contributed by atoms with Gasteiger partial charge < -0.3 is 20.9 Å². The van der Waals surface area contributed by atoms with E-state index < -0.39 is 22.0 Å². The summed E-state index contributed by atoms with van der Waals surface area (Å²) >= 11 is 0. The number of carbonyl (C=O) groups is 1. The molecule has 1 amide bonds. The van der Waals surface area contributed by atoms with E-state index in [0.717, 1.165) is 11.1 Å². The van der Waals surface area contributed by atoms with E-state index in [-0.39, 0.29) is 29.9 Å². The molecule has 39 heavy (non-hydrogen) atoms. The highest BCUT2D eigenvalue weighted by Crippen LogP contribution is 2.43. The fraction of sp³-hybridized carbons (Fsp3) is 0.367. The smallest absolute Gasteiger partial charge is 0.243 e. The maximum atomic E-state index is 13.4. The first-order chi connectivity index (χ1) is 18.7. The molecular formula is C30H37N3O5S. The Labute approximate surface area is 230 Å². The molecule has 1 atom stereocenters. The Bertz CT molecular complexity index is 1330. The molecule has 3 aromatic rings. The van der Waals surface area contributed by atoms with Crippen LogP contribution in [-0.2, 0) is 14.8 Å². The number of nitrogens with zero attached hydrogens (tertiary/aromatic N) is 1. The summed E-state index contributed by atoms with van der Waals surface area (Å²) < 4.78 is 34.3. The number of amides is 1. The molecule has 0 saturated heterocycles. The number of para-hydroxylation sites is 2. The summed E-state index contributed by atoms with van der Waals surface area (Å²) in [5.41, 5.74) is 7.87. The molecule has 0 aromatic heterocycles. The number of anilines is 1. The van der Waals surface area contributed by atoms with Crippen LogP contribution in [0.25, 0.3) is 0 Å². The van der Waals surface area contributed by atoms with Crippen molar-refractivity contribution in [1.82, 2.24) is 9.62 Å². The van der Waals surface area contributed by atoms with Crippen LogP contribution in [0.5, 0.6) is 11.5 Å². The second-order valence-electron chi connectivity index (χ2n) is 10.3. The van der Waals surface area contributed by atoms with E-state index >= 15 is 0 Å². The average Bonchev–Trinajstić information content (AvgIpc) is 2.92. The summed E-state index contributed by atoms with van der Waals surface area (Å²) in [5.74, 6) is 0.851. The Morgan fingerprint density at radius 1 is 0.974 bits per heavy atom. The number of rotatable bonds is 12. The largest absolute Gasteiger partial charge is 0.457 e. The number of carbonyl (C=O) groups excluding carboxylic acids is 1. The van der Waals surface area contributed by atoms with Gasteiger partial charge in [-0.15, -0.1) is 0 Å². The molecule has 208 valence electrons. The van der Waals surface area contributed by atoms with Crippen LogP contribution in [-0.4, -0.2) is 49.5 Å². The number of hydrogen-bond acceptors (Lipinski definition) is 6. The maximum absolute atomic E-state index is 13.4. The van der Waals surface area contributed by atoms with Crippen molar-refractivity contribution < 1.29 is 23.1 Å². The Kier molecular flexibility index (Phi) is 9.27. The van der Waals surface area contributed by atoms with Gasteiger partial charge in [0.2, 0.25) is 15.9 Å². The summed E-state index contributed by atoms with van der Waals surface area (Å²) in [4.78, 5) is 13.5. The highest BCUT2D eigenvalue weighted by Gasteiger charge is 2.33. The lowest BCUT2D eigenvalue weighted by Gasteiger charge is -2.31. The molecule has 3 aromatic carbocycles. The lowest BCUT2D eigenvalue weighted by atomic mass is 9.87. The molecular weight excluding hydrogens is 514 g/mol. The predicted octanol–water partition coefficient (Wildman–Crippen LogP) is 4.50. The number of benzene rings is 3. The molecule has 0 bridgehead atoms. The van der Waals surface area contributed by atoms with Crippen LogP contribution in [0.4, 0.5) is 5.69 Å². The number of aliphatic hydroxyl groups excluding tert-OH is 1. The van der Waals surface area contributed by atoms with Crippen LogP contribution in [0, 0.1) is 5.92 Å². The minimum atomic E-state index is -3.82. The van der Waals surface area contributed by atoms with E-state index in [0.29, 0.717) is 43.0 Å². The number of hydrogen-bond donors (Lipinski definition) is 3. The van der Waals surface area contributed by atoms with E-state index in [2.05, 4.69) is 5.32 Å². The Morgan fingerprint density at radius 3 is 2.13 bits per heavy atom. The number of nitrogens with one attached hydrogen (secondary N) is 1. The van der Waals surface area contributed by atoms with Crippen LogP contribution < -0.4 is 15.8 Å². The van der Waals surface area contributed by atoms with Crippen LogP contribution in [0.2, 0.25) is 0 Å². The van der Waals surface area contributed by atoms with Crippen molar-refractivity contribution in [2.24, 2.45) is 5.92 Å². The zero-order valence-corrected chi connectivity index (χ0v) is 23.2. The molecule has 0 saturated carbocycles. The Balaban J connectivity index is 1.38. The molecule has 0 aliphatic carbocycles. The minimum absolute atomic E-state index is 0.0760. The molecule has 0 unspecified atom stereocenters. The molecule has 4 N–H and O–H groups in total. The number of nitrogen functional groups attached to an aromatic ring is 1. The normalized spacial score (nSPS) is 14.0. The quantitative estimate of drug-likeness (QED) is 0.225. The van der Waals surface area contributed by atoms with Gasteiger partial charge in [0, 0.05) is 35.9 Å². The van der Waals surface area contributed by atoms with Gasteiger partial charge in [-0.1, -0.05) is 56.7 Å². The lowest BCUT2D eigenvalue weighted by Crippen LogP contribution is -2.44. The second-order valence-corrected chi connectivity index (χ2v) is 12.2. The number of sulfonamides is 1. The average molecular weight is 552 g/mol. The fourth-order valence-electron chi connectivity index (χ4n) is 4.92. The number of unbranched alkanes of at least 4 members (excludes halogenated alkanes) is 1. The molecule has 0 radical (unpaired) electrons. The summed E-state index contributed by atoms with van der Waals surface area (Å²) in [5, 5.41) is 13.2. The van der Waals surface area contributed by atoms with Crippen molar-refractivity contribution in [2.45, 2.75) is 50.0 Å². The van der Waals surface area contributed by atoms with Crippen molar-refractivity contribution in [3.63, 3.8) is 0 Å². The number of aliphatic hydroxyl groups is 1. The first kappa shape index (κ1) is 28.6. The van der Waals surface area contributed by atoms with Gasteiger partial charge in [0.25, 0.3) is 0 Å². The van der Waals surface area contributed by atoms with Gasteiger partial charge in [0.05, 0.1) is 17.4 Å². The molecule has 8 nitrogen and oxygen atoms in total. The summed E-state index contributed by atoms with van der Waals surface area (Å²) in [6.07, 6.45) is 1.75. The Hall–Kier alpha value is -3.40. The molecule has 1 aliphatic rings. The van der Waals surface area contributed by atoms with E-state index in [1.165, 1.54) is 16.4 Å². The van der Waals surface area contributed by atoms with E-state index in [1.54, 1.807) is 12.1 Å². The number of ether oxygens (including phenoxy) is 1. The zero-order valence-electron chi connectivity index (χ0n) is 22.4. The van der Waals surface area contributed by atoms with E-state index in [1.807, 2.05) is 62.4 Å². The van der Waals surface area contributed by atoms with Gasteiger partial charge >= 0.3 is 0 Å². The third-order valence-corrected chi connectivity index (χ3v) is 8.79. The second kappa shape index (κ2) is 12.6. The lowest BCUT2D eigenvalue weighted by molar-refractivity contribution is -0.121. The molecule has 0 spiro atoms. The first-order valence-corrected chi connectivity index (χ1v) is 14.8. The van der Waals surface area contributed by atoms with Crippen LogP contribution in [0.3, 0.4) is 0 Å².